The summed E-state index contributed by atoms with van der Waals surface area (Å²) in [6.07, 6.45) is 3.47. The van der Waals surface area contributed by atoms with Gasteiger partial charge in [-0.2, -0.15) is 13.5 Å². The first kappa shape index (κ1) is 25.2. The molecule has 0 fully saturated rings. The summed E-state index contributed by atoms with van der Waals surface area (Å²) < 4.78 is 12.7. The van der Waals surface area contributed by atoms with Gasteiger partial charge in [0.15, 0.2) is 0 Å². The Kier molecular flexibility index (Phi) is 8.58. The van der Waals surface area contributed by atoms with Gasteiger partial charge < -0.3 is 14.6 Å². The minimum Gasteiger partial charge on any atom is -0.494 e. The van der Waals surface area contributed by atoms with Crippen LogP contribution >= 0.6 is 24.8 Å². The lowest BCUT2D eigenvalue weighted by molar-refractivity contribution is -0.137. The average Bonchev–Trinajstić information content (AvgIpc) is 3.25. The highest BCUT2D eigenvalue weighted by Gasteiger charge is 2.14. The average molecular weight is 492 g/mol. The summed E-state index contributed by atoms with van der Waals surface area (Å²) in [7, 11) is 1.65. The fraction of sp³-hybridized carbons (Fsp3) is 0.185. The van der Waals surface area contributed by atoms with Crippen LogP contribution in [0.25, 0.3) is 21.2 Å². The van der Waals surface area contributed by atoms with E-state index in [1.807, 2.05) is 30.3 Å². The van der Waals surface area contributed by atoms with Crippen LogP contribution in [0.2, 0.25) is 0 Å². The number of methoxy groups -OCH3 is 1. The van der Waals surface area contributed by atoms with Crippen molar-refractivity contribution in [3.63, 3.8) is 0 Å². The molecule has 174 valence electrons. The van der Waals surface area contributed by atoms with E-state index < -0.39 is 5.97 Å². The zero-order valence-corrected chi connectivity index (χ0v) is 20.7. The van der Waals surface area contributed by atoms with Gasteiger partial charge >= 0.3 is 5.97 Å². The van der Waals surface area contributed by atoms with Crippen molar-refractivity contribution in [3.8, 4) is 34.5 Å². The SMILES string of the molecule is CC#C[C@@H](CC(=O)O)c1ccc(OCc2ccc3scc(-c4ccncc4OC)c3c2)cc1.S. The number of carboxylic acid groups (broad SMARTS) is 1. The predicted octanol–water partition coefficient (Wildman–Crippen LogP) is 6.25. The minimum absolute atomic E-state index is 0. The molecule has 0 bridgehead atoms. The Labute approximate surface area is 209 Å². The third-order valence-corrected chi connectivity index (χ3v) is 6.28. The topological polar surface area (TPSA) is 68.7 Å². The van der Waals surface area contributed by atoms with Crippen LogP contribution in [-0.2, 0) is 11.4 Å². The molecule has 34 heavy (non-hydrogen) atoms. The van der Waals surface area contributed by atoms with E-state index in [1.54, 1.807) is 37.8 Å². The molecule has 0 aliphatic rings. The number of hydrogen-bond acceptors (Lipinski definition) is 5. The monoisotopic (exact) mass is 491 g/mol. The highest BCUT2D eigenvalue weighted by molar-refractivity contribution is 7.59. The Morgan fingerprint density at radius 1 is 1.15 bits per heavy atom. The van der Waals surface area contributed by atoms with Crippen molar-refractivity contribution in [2.45, 2.75) is 25.9 Å². The van der Waals surface area contributed by atoms with Gasteiger partial charge in [0, 0.05) is 27.4 Å². The van der Waals surface area contributed by atoms with Crippen LogP contribution in [0.15, 0.2) is 66.3 Å². The van der Waals surface area contributed by atoms with Gasteiger partial charge in [-0.05, 0) is 53.8 Å². The van der Waals surface area contributed by atoms with Gasteiger partial charge in [-0.25, -0.2) is 0 Å². The summed E-state index contributed by atoms with van der Waals surface area (Å²) in [4.78, 5) is 15.3. The predicted molar refractivity (Wildman–Crippen MR) is 141 cm³/mol. The summed E-state index contributed by atoms with van der Waals surface area (Å²) in [5.74, 6) is 6.05. The molecular formula is C27H25NO4S2. The van der Waals surface area contributed by atoms with E-state index in [9.17, 15) is 4.79 Å². The van der Waals surface area contributed by atoms with E-state index in [0.717, 1.165) is 39.1 Å². The highest BCUT2D eigenvalue weighted by Crippen LogP contribution is 2.38. The standard InChI is InChI=1S/C27H23NO4S.H2S/c1-3-4-20(14-27(29)30)19-6-8-21(9-7-19)32-16-18-5-10-26-23(13-18)24(17-33-26)22-11-12-28-15-25(22)31-2;/h5-13,15,17,20H,14,16H2,1-2H3,(H,29,30);1H2/t20-;/m0./s1. The second-order valence-corrected chi connectivity index (χ2v) is 8.37. The second-order valence-electron chi connectivity index (χ2n) is 7.46. The van der Waals surface area contributed by atoms with E-state index in [2.05, 4.69) is 40.4 Å². The summed E-state index contributed by atoms with van der Waals surface area (Å²) in [5.41, 5.74) is 4.05. The first-order valence-corrected chi connectivity index (χ1v) is 11.3. The lowest BCUT2D eigenvalue weighted by atomic mass is 9.96. The van der Waals surface area contributed by atoms with Crippen LogP contribution in [0.4, 0.5) is 0 Å². The molecule has 2 heterocycles. The maximum atomic E-state index is 11.1. The van der Waals surface area contributed by atoms with Gasteiger partial charge in [-0.1, -0.05) is 24.1 Å². The first-order valence-electron chi connectivity index (χ1n) is 10.4. The summed E-state index contributed by atoms with van der Waals surface area (Å²) in [5, 5.41) is 12.4. The van der Waals surface area contributed by atoms with Gasteiger partial charge in [0.1, 0.15) is 18.1 Å². The number of aromatic nitrogens is 1. The van der Waals surface area contributed by atoms with Crippen LogP contribution in [0, 0.1) is 11.8 Å². The third-order valence-electron chi connectivity index (χ3n) is 5.32. The van der Waals surface area contributed by atoms with Crippen LogP contribution < -0.4 is 9.47 Å². The zero-order valence-electron chi connectivity index (χ0n) is 18.9. The number of aliphatic carboxylic acids is 1. The minimum atomic E-state index is -0.865. The van der Waals surface area contributed by atoms with Crippen molar-refractivity contribution in [2.24, 2.45) is 0 Å². The molecule has 2 aromatic carbocycles. The number of rotatable bonds is 8. The number of hydrogen-bond donors (Lipinski definition) is 1. The molecule has 4 aromatic rings. The van der Waals surface area contributed by atoms with Crippen LogP contribution in [0.5, 0.6) is 11.5 Å². The molecule has 0 aliphatic heterocycles. The molecule has 0 spiro atoms. The zero-order chi connectivity index (χ0) is 23.2. The van der Waals surface area contributed by atoms with Crippen molar-refractivity contribution in [3.05, 3.63) is 77.4 Å². The van der Waals surface area contributed by atoms with Crippen molar-refractivity contribution in [1.82, 2.24) is 4.98 Å². The summed E-state index contributed by atoms with van der Waals surface area (Å²) in [6.45, 7) is 2.14. The maximum Gasteiger partial charge on any atom is 0.304 e. The number of thiophene rings is 1. The first-order chi connectivity index (χ1) is 16.1. The van der Waals surface area contributed by atoms with Crippen molar-refractivity contribution >= 4 is 40.9 Å². The van der Waals surface area contributed by atoms with E-state index >= 15 is 0 Å². The van der Waals surface area contributed by atoms with Gasteiger partial charge in [0.05, 0.1) is 25.6 Å². The lowest BCUT2D eigenvalue weighted by Gasteiger charge is -2.11. The number of benzene rings is 2. The molecule has 2 aromatic heterocycles. The van der Waals surface area contributed by atoms with Crippen molar-refractivity contribution < 1.29 is 19.4 Å². The molecule has 0 saturated carbocycles. The number of carbonyl (C=O) groups is 1. The molecule has 5 nitrogen and oxygen atoms in total. The molecule has 0 aliphatic carbocycles. The van der Waals surface area contributed by atoms with Gasteiger partial charge in [-0.3, -0.25) is 9.78 Å². The van der Waals surface area contributed by atoms with Crippen LogP contribution in [0.3, 0.4) is 0 Å². The molecule has 1 atom stereocenters. The molecule has 7 heteroatoms. The number of ether oxygens (including phenoxy) is 2. The lowest BCUT2D eigenvalue weighted by Crippen LogP contribution is -2.04. The number of carboxylic acids is 1. The Bertz CT molecular complexity index is 1340. The quantitative estimate of drug-likeness (QED) is 0.295. The Balaban J connectivity index is 0.00000324. The fourth-order valence-corrected chi connectivity index (χ4v) is 4.65. The number of pyridine rings is 1. The fourth-order valence-electron chi connectivity index (χ4n) is 3.70. The molecular weight excluding hydrogens is 466 g/mol. The molecule has 0 unspecified atom stereocenters. The second kappa shape index (κ2) is 11.6. The van der Waals surface area contributed by atoms with Gasteiger partial charge in [0.25, 0.3) is 0 Å². The number of nitrogens with zero attached hydrogens (tertiary/aromatic N) is 1. The summed E-state index contributed by atoms with van der Waals surface area (Å²) >= 11 is 1.69. The summed E-state index contributed by atoms with van der Waals surface area (Å²) in [6, 6.07) is 15.8. The van der Waals surface area contributed by atoms with E-state index in [1.165, 1.54) is 4.70 Å². The molecule has 0 saturated heterocycles. The third kappa shape index (κ3) is 5.71. The van der Waals surface area contributed by atoms with Crippen LogP contribution in [0.1, 0.15) is 30.4 Å². The smallest absolute Gasteiger partial charge is 0.304 e. The van der Waals surface area contributed by atoms with Crippen molar-refractivity contribution in [1.29, 1.82) is 0 Å². The molecule has 0 amide bonds. The van der Waals surface area contributed by atoms with Crippen LogP contribution in [-0.4, -0.2) is 23.2 Å². The largest absolute Gasteiger partial charge is 0.494 e. The van der Waals surface area contributed by atoms with E-state index in [4.69, 9.17) is 14.6 Å². The van der Waals surface area contributed by atoms with E-state index in [0.29, 0.717) is 6.61 Å². The Morgan fingerprint density at radius 3 is 2.65 bits per heavy atom. The molecule has 4 rings (SSSR count). The van der Waals surface area contributed by atoms with Crippen molar-refractivity contribution in [2.75, 3.05) is 7.11 Å². The Morgan fingerprint density at radius 2 is 1.94 bits per heavy atom. The highest BCUT2D eigenvalue weighted by atomic mass is 32.1. The molecule has 0 radical (unpaired) electrons. The normalized spacial score (nSPS) is 11.1. The van der Waals surface area contributed by atoms with Gasteiger partial charge in [0.2, 0.25) is 0 Å². The van der Waals surface area contributed by atoms with E-state index in [-0.39, 0.29) is 25.8 Å². The maximum absolute atomic E-state index is 11.1. The number of fused-ring (bicyclic) bond motifs is 1. The Hall–Kier alpha value is -3.47. The molecule has 1 N–H and O–H groups in total. The van der Waals surface area contributed by atoms with Gasteiger partial charge in [-0.15, -0.1) is 17.3 Å².